The van der Waals surface area contributed by atoms with E-state index in [0.29, 0.717) is 13.0 Å². The summed E-state index contributed by atoms with van der Waals surface area (Å²) in [6.45, 7) is 4.56. The van der Waals surface area contributed by atoms with Crippen LogP contribution in [0.4, 0.5) is 4.79 Å². The van der Waals surface area contributed by atoms with Crippen molar-refractivity contribution in [2.24, 2.45) is 0 Å². The van der Waals surface area contributed by atoms with Gasteiger partial charge in [0.25, 0.3) is 0 Å². The Morgan fingerprint density at radius 1 is 1.44 bits per heavy atom. The Morgan fingerprint density at radius 2 is 2.06 bits per heavy atom. The predicted molar refractivity (Wildman–Crippen MR) is 60.3 cm³/mol. The molecule has 0 radical (unpaired) electrons. The number of carbonyl (C=O) groups is 2. The molecule has 0 aliphatic carbocycles. The van der Waals surface area contributed by atoms with E-state index in [-0.39, 0.29) is 12.1 Å². The van der Waals surface area contributed by atoms with Crippen LogP contribution >= 0.6 is 0 Å². The SMILES string of the molecule is CCC(CC)NC(=O)N1CCC[C@@H]1C(=O)O. The zero-order valence-corrected chi connectivity index (χ0v) is 9.90. The molecule has 0 bridgehead atoms. The molecular weight excluding hydrogens is 208 g/mol. The molecule has 2 N–H and O–H groups in total. The number of aliphatic carboxylic acids is 1. The third-order valence-electron chi connectivity index (χ3n) is 3.11. The lowest BCUT2D eigenvalue weighted by Gasteiger charge is -2.24. The molecule has 1 atom stereocenters. The summed E-state index contributed by atoms with van der Waals surface area (Å²) in [4.78, 5) is 24.2. The van der Waals surface area contributed by atoms with Crippen molar-refractivity contribution in [1.82, 2.24) is 10.2 Å². The third kappa shape index (κ3) is 2.87. The highest BCUT2D eigenvalue weighted by molar-refractivity contribution is 5.83. The van der Waals surface area contributed by atoms with Crippen LogP contribution in [0.3, 0.4) is 0 Å². The number of amides is 2. The predicted octanol–water partition coefficient (Wildman–Crippen LogP) is 1.43. The fourth-order valence-electron chi connectivity index (χ4n) is 2.02. The fourth-order valence-corrected chi connectivity index (χ4v) is 2.02. The second-order valence-corrected chi connectivity index (χ2v) is 4.15. The molecule has 0 aromatic carbocycles. The van der Waals surface area contributed by atoms with E-state index in [1.165, 1.54) is 4.90 Å². The molecule has 5 nitrogen and oxygen atoms in total. The molecule has 92 valence electrons. The molecule has 1 aliphatic rings. The number of nitrogens with one attached hydrogen (secondary N) is 1. The Morgan fingerprint density at radius 3 is 2.56 bits per heavy atom. The van der Waals surface area contributed by atoms with Gasteiger partial charge in [-0.1, -0.05) is 13.8 Å². The summed E-state index contributed by atoms with van der Waals surface area (Å²) in [5.41, 5.74) is 0. The topological polar surface area (TPSA) is 69.6 Å². The van der Waals surface area contributed by atoms with E-state index < -0.39 is 12.0 Å². The number of hydrogen-bond donors (Lipinski definition) is 2. The number of carboxylic acid groups (broad SMARTS) is 1. The maximum atomic E-state index is 11.8. The first-order valence-corrected chi connectivity index (χ1v) is 5.90. The van der Waals surface area contributed by atoms with Crippen LogP contribution in [0.1, 0.15) is 39.5 Å². The minimum absolute atomic E-state index is 0.141. The number of carboxylic acids is 1. The van der Waals surface area contributed by atoms with Gasteiger partial charge in [-0.2, -0.15) is 0 Å². The molecular formula is C11H20N2O3. The van der Waals surface area contributed by atoms with Gasteiger partial charge in [0, 0.05) is 12.6 Å². The van der Waals surface area contributed by atoms with E-state index in [0.717, 1.165) is 19.3 Å². The molecule has 0 aromatic heterocycles. The molecule has 0 saturated carbocycles. The molecule has 1 heterocycles. The minimum Gasteiger partial charge on any atom is -0.480 e. The second-order valence-electron chi connectivity index (χ2n) is 4.15. The zero-order valence-electron chi connectivity index (χ0n) is 9.90. The third-order valence-corrected chi connectivity index (χ3v) is 3.11. The molecule has 1 aliphatic heterocycles. The highest BCUT2D eigenvalue weighted by Crippen LogP contribution is 2.17. The quantitative estimate of drug-likeness (QED) is 0.764. The smallest absolute Gasteiger partial charge is 0.326 e. The van der Waals surface area contributed by atoms with Crippen molar-refractivity contribution in [3.05, 3.63) is 0 Å². The van der Waals surface area contributed by atoms with Crippen LogP contribution in [-0.2, 0) is 4.79 Å². The standard InChI is InChI=1S/C11H20N2O3/c1-3-8(4-2)12-11(16)13-7-5-6-9(13)10(14)15/h8-9H,3-7H2,1-2H3,(H,12,16)(H,14,15)/t9-/m1/s1. The average molecular weight is 228 g/mol. The van der Waals surface area contributed by atoms with Gasteiger partial charge in [0.2, 0.25) is 0 Å². The highest BCUT2D eigenvalue weighted by Gasteiger charge is 2.34. The molecule has 0 unspecified atom stereocenters. The van der Waals surface area contributed by atoms with Crippen LogP contribution in [0.2, 0.25) is 0 Å². The van der Waals surface area contributed by atoms with Crippen LogP contribution in [0.25, 0.3) is 0 Å². The van der Waals surface area contributed by atoms with E-state index in [2.05, 4.69) is 5.32 Å². The number of urea groups is 1. The van der Waals surface area contributed by atoms with Gasteiger partial charge < -0.3 is 15.3 Å². The van der Waals surface area contributed by atoms with Crippen molar-refractivity contribution in [3.8, 4) is 0 Å². The normalized spacial score (nSPS) is 20.2. The van der Waals surface area contributed by atoms with Crippen LogP contribution in [-0.4, -0.2) is 40.6 Å². The summed E-state index contributed by atoms with van der Waals surface area (Å²) in [5.74, 6) is -0.905. The van der Waals surface area contributed by atoms with Gasteiger partial charge in [-0.25, -0.2) is 9.59 Å². The van der Waals surface area contributed by atoms with Crippen molar-refractivity contribution in [2.45, 2.75) is 51.6 Å². The van der Waals surface area contributed by atoms with Crippen molar-refractivity contribution in [1.29, 1.82) is 0 Å². The Hall–Kier alpha value is -1.26. The lowest BCUT2D eigenvalue weighted by Crippen LogP contribution is -2.48. The Bertz CT molecular complexity index is 264. The monoisotopic (exact) mass is 228 g/mol. The molecule has 1 saturated heterocycles. The average Bonchev–Trinajstić information content (AvgIpc) is 2.74. The van der Waals surface area contributed by atoms with Gasteiger partial charge in [0.05, 0.1) is 0 Å². The van der Waals surface area contributed by atoms with Gasteiger partial charge in [-0.05, 0) is 25.7 Å². The highest BCUT2D eigenvalue weighted by atomic mass is 16.4. The summed E-state index contributed by atoms with van der Waals surface area (Å²) in [6, 6.07) is -0.740. The molecule has 1 fully saturated rings. The van der Waals surface area contributed by atoms with Crippen molar-refractivity contribution < 1.29 is 14.7 Å². The molecule has 16 heavy (non-hydrogen) atoms. The first kappa shape index (κ1) is 12.8. The maximum absolute atomic E-state index is 11.8. The Kier molecular flexibility index (Phi) is 4.58. The van der Waals surface area contributed by atoms with Crippen LogP contribution in [0.15, 0.2) is 0 Å². The number of nitrogens with zero attached hydrogens (tertiary/aromatic N) is 1. The summed E-state index contributed by atoms with van der Waals surface area (Å²) >= 11 is 0. The van der Waals surface area contributed by atoms with Crippen molar-refractivity contribution >= 4 is 12.0 Å². The van der Waals surface area contributed by atoms with Gasteiger partial charge in [0.15, 0.2) is 0 Å². The van der Waals surface area contributed by atoms with Crippen LogP contribution in [0, 0.1) is 0 Å². The Balaban J connectivity index is 2.56. The van der Waals surface area contributed by atoms with Crippen molar-refractivity contribution in [2.75, 3.05) is 6.54 Å². The van der Waals surface area contributed by atoms with Crippen LogP contribution < -0.4 is 5.32 Å². The van der Waals surface area contributed by atoms with E-state index in [1.54, 1.807) is 0 Å². The molecule has 1 rings (SSSR count). The van der Waals surface area contributed by atoms with E-state index >= 15 is 0 Å². The van der Waals surface area contributed by atoms with Gasteiger partial charge in [-0.3, -0.25) is 0 Å². The number of carbonyl (C=O) groups excluding carboxylic acids is 1. The van der Waals surface area contributed by atoms with E-state index in [4.69, 9.17) is 5.11 Å². The second kappa shape index (κ2) is 5.72. The van der Waals surface area contributed by atoms with Crippen LogP contribution in [0.5, 0.6) is 0 Å². The minimum atomic E-state index is -0.905. The van der Waals surface area contributed by atoms with Gasteiger partial charge in [-0.15, -0.1) is 0 Å². The summed E-state index contributed by atoms with van der Waals surface area (Å²) in [5, 5.41) is 11.8. The fraction of sp³-hybridized carbons (Fsp3) is 0.818. The lowest BCUT2D eigenvalue weighted by molar-refractivity contribution is -0.141. The molecule has 5 heteroatoms. The lowest BCUT2D eigenvalue weighted by atomic mass is 10.2. The number of hydrogen-bond acceptors (Lipinski definition) is 2. The largest absolute Gasteiger partial charge is 0.480 e. The summed E-state index contributed by atoms with van der Waals surface area (Å²) < 4.78 is 0. The van der Waals surface area contributed by atoms with E-state index in [9.17, 15) is 9.59 Å². The summed E-state index contributed by atoms with van der Waals surface area (Å²) in [6.07, 6.45) is 3.07. The van der Waals surface area contributed by atoms with Crippen molar-refractivity contribution in [3.63, 3.8) is 0 Å². The molecule has 0 spiro atoms. The van der Waals surface area contributed by atoms with Gasteiger partial charge >= 0.3 is 12.0 Å². The maximum Gasteiger partial charge on any atom is 0.326 e. The number of likely N-dealkylation sites (tertiary alicyclic amines) is 1. The first-order chi connectivity index (χ1) is 7.60. The molecule has 2 amide bonds. The first-order valence-electron chi connectivity index (χ1n) is 5.90. The number of rotatable bonds is 4. The zero-order chi connectivity index (χ0) is 12.1. The summed E-state index contributed by atoms with van der Waals surface area (Å²) in [7, 11) is 0. The van der Waals surface area contributed by atoms with Gasteiger partial charge in [0.1, 0.15) is 6.04 Å². The Labute approximate surface area is 95.8 Å². The molecule has 0 aromatic rings. The van der Waals surface area contributed by atoms with E-state index in [1.807, 2.05) is 13.8 Å².